The third-order valence-electron chi connectivity index (χ3n) is 3.50. The maximum Gasteiger partial charge on any atom is 0.408 e. The highest BCUT2D eigenvalue weighted by Gasteiger charge is 2.48. The third-order valence-corrected chi connectivity index (χ3v) is 6.75. The van der Waals surface area contributed by atoms with Gasteiger partial charge in [0.25, 0.3) is 5.91 Å². The summed E-state index contributed by atoms with van der Waals surface area (Å²) in [4.78, 5) is 29.4. The largest absolute Gasteiger partial charge is 0.444 e. The van der Waals surface area contributed by atoms with Gasteiger partial charge in [-0.25, -0.2) is 13.2 Å². The molecule has 0 aliphatic carbocycles. The summed E-state index contributed by atoms with van der Waals surface area (Å²) in [5.41, 5.74) is -0.649. The number of hydrogen-bond donors (Lipinski definition) is 1. The van der Waals surface area contributed by atoms with E-state index in [4.69, 9.17) is 4.74 Å². The third kappa shape index (κ3) is 5.46. The van der Waals surface area contributed by atoms with Gasteiger partial charge in [0.2, 0.25) is 0 Å². The van der Waals surface area contributed by atoms with E-state index in [-0.39, 0.29) is 29.3 Å². The molecule has 1 N–H and O–H groups in total. The zero-order chi connectivity index (χ0) is 18.8. The van der Waals surface area contributed by atoms with Gasteiger partial charge in [-0.2, -0.15) is 4.99 Å². The number of sulfone groups is 1. The minimum absolute atomic E-state index is 0.0574. The van der Waals surface area contributed by atoms with E-state index >= 15 is 0 Å². The van der Waals surface area contributed by atoms with Crippen molar-refractivity contribution >= 4 is 38.8 Å². The standard InChI is InChI=1S/C15H23N3O5S2/c1-5-6-18-10-8-25(21,22)9-11(10)24-13(18)17-12(19)7-16-14(20)23-15(2,3)4/h5,10-11H,1,6-9H2,2-4H3,(H,16,20)/t10-,11+/m0/s1. The molecule has 10 heteroatoms. The van der Waals surface area contributed by atoms with Gasteiger partial charge in [0.1, 0.15) is 12.1 Å². The van der Waals surface area contributed by atoms with E-state index < -0.39 is 27.4 Å². The van der Waals surface area contributed by atoms with Gasteiger partial charge in [0, 0.05) is 11.8 Å². The molecule has 0 spiro atoms. The molecule has 2 fully saturated rings. The normalized spacial score (nSPS) is 26.4. The van der Waals surface area contributed by atoms with Crippen molar-refractivity contribution in [3.63, 3.8) is 0 Å². The molecule has 2 rings (SSSR count). The van der Waals surface area contributed by atoms with E-state index in [1.807, 2.05) is 0 Å². The topological polar surface area (TPSA) is 105 Å². The highest BCUT2D eigenvalue weighted by molar-refractivity contribution is 8.15. The van der Waals surface area contributed by atoms with Crippen molar-refractivity contribution in [3.05, 3.63) is 12.7 Å². The second-order valence-electron chi connectivity index (χ2n) is 6.89. The predicted octanol–water partition coefficient (Wildman–Crippen LogP) is 0.794. The van der Waals surface area contributed by atoms with Gasteiger partial charge in [-0.3, -0.25) is 4.79 Å². The SMILES string of the molecule is C=CCN1C(=NC(=O)CNC(=O)OC(C)(C)C)S[C@@H]2CS(=O)(=O)C[C@@H]21. The van der Waals surface area contributed by atoms with Gasteiger partial charge in [-0.15, -0.1) is 6.58 Å². The number of carbonyl (C=O) groups is 2. The van der Waals surface area contributed by atoms with Crippen LogP contribution in [0.25, 0.3) is 0 Å². The van der Waals surface area contributed by atoms with Crippen molar-refractivity contribution in [2.24, 2.45) is 4.99 Å². The van der Waals surface area contributed by atoms with Crippen molar-refractivity contribution in [2.45, 2.75) is 37.7 Å². The fourth-order valence-corrected chi connectivity index (χ4v) is 6.57. The first-order valence-corrected chi connectivity index (χ1v) is 10.5. The van der Waals surface area contributed by atoms with Crippen LogP contribution in [0, 0.1) is 0 Å². The van der Waals surface area contributed by atoms with E-state index in [0.717, 1.165) is 0 Å². The maximum absolute atomic E-state index is 12.0. The van der Waals surface area contributed by atoms with Crippen LogP contribution in [0.4, 0.5) is 4.79 Å². The Bertz CT molecular complexity index is 696. The van der Waals surface area contributed by atoms with E-state index in [2.05, 4.69) is 16.9 Å². The first-order chi connectivity index (χ1) is 11.5. The van der Waals surface area contributed by atoms with Gasteiger partial charge in [0.15, 0.2) is 15.0 Å². The molecule has 0 radical (unpaired) electrons. The first kappa shape index (κ1) is 19.8. The highest BCUT2D eigenvalue weighted by Crippen LogP contribution is 2.37. The summed E-state index contributed by atoms with van der Waals surface area (Å²) >= 11 is 1.29. The number of thioether (sulfide) groups is 1. The molecule has 2 amide bonds. The Labute approximate surface area is 152 Å². The summed E-state index contributed by atoms with van der Waals surface area (Å²) < 4.78 is 28.6. The molecule has 0 aromatic heterocycles. The van der Waals surface area contributed by atoms with E-state index in [9.17, 15) is 18.0 Å². The van der Waals surface area contributed by atoms with Crippen LogP contribution in [0.1, 0.15) is 20.8 Å². The lowest BCUT2D eigenvalue weighted by molar-refractivity contribution is -0.117. The molecule has 2 atom stereocenters. The van der Waals surface area contributed by atoms with Gasteiger partial charge in [-0.05, 0) is 20.8 Å². The summed E-state index contributed by atoms with van der Waals surface area (Å²) in [6.45, 7) is 8.97. The van der Waals surface area contributed by atoms with Gasteiger partial charge in [-0.1, -0.05) is 17.8 Å². The molecule has 0 aromatic carbocycles. The van der Waals surface area contributed by atoms with Crippen molar-refractivity contribution in [1.82, 2.24) is 10.2 Å². The fourth-order valence-electron chi connectivity index (χ4n) is 2.60. The molecule has 0 saturated carbocycles. The first-order valence-electron chi connectivity index (χ1n) is 7.84. The number of fused-ring (bicyclic) bond motifs is 1. The number of amidine groups is 1. The van der Waals surface area contributed by atoms with Gasteiger partial charge in [0.05, 0.1) is 17.5 Å². The Balaban J connectivity index is 1.98. The van der Waals surface area contributed by atoms with Crippen molar-refractivity contribution in [3.8, 4) is 0 Å². The van der Waals surface area contributed by atoms with Gasteiger partial charge >= 0.3 is 6.09 Å². The summed E-state index contributed by atoms with van der Waals surface area (Å²) in [6, 6.07) is -0.196. The second kappa shape index (κ2) is 7.36. The van der Waals surface area contributed by atoms with E-state index in [1.54, 1.807) is 31.7 Å². The number of nitrogens with one attached hydrogen (secondary N) is 1. The van der Waals surface area contributed by atoms with Crippen LogP contribution in [0.3, 0.4) is 0 Å². The lowest BCUT2D eigenvalue weighted by Crippen LogP contribution is -2.38. The average molecular weight is 389 g/mol. The number of hydrogen-bond acceptors (Lipinski definition) is 6. The Hall–Kier alpha value is -1.55. The molecule has 0 unspecified atom stereocenters. The predicted molar refractivity (Wildman–Crippen MR) is 97.4 cm³/mol. The minimum atomic E-state index is -3.06. The number of aliphatic imine (C=N–C) groups is 1. The number of rotatable bonds is 4. The number of amides is 2. The second-order valence-corrected chi connectivity index (χ2v) is 10.2. The highest BCUT2D eigenvalue weighted by atomic mass is 32.2. The Morgan fingerprint density at radius 1 is 1.44 bits per heavy atom. The van der Waals surface area contributed by atoms with Crippen LogP contribution in [-0.4, -0.2) is 72.0 Å². The lowest BCUT2D eigenvalue weighted by Gasteiger charge is -2.22. The molecule has 2 saturated heterocycles. The van der Waals surface area contributed by atoms with Crippen molar-refractivity contribution in [1.29, 1.82) is 0 Å². The van der Waals surface area contributed by atoms with Crippen LogP contribution < -0.4 is 5.32 Å². The molecule has 0 aromatic rings. The smallest absolute Gasteiger partial charge is 0.408 e. The van der Waals surface area contributed by atoms with Crippen LogP contribution in [-0.2, 0) is 19.4 Å². The number of nitrogens with zero attached hydrogens (tertiary/aromatic N) is 2. The van der Waals surface area contributed by atoms with Gasteiger partial charge < -0.3 is 15.0 Å². The molecule has 2 heterocycles. The van der Waals surface area contributed by atoms with Crippen molar-refractivity contribution in [2.75, 3.05) is 24.6 Å². The quantitative estimate of drug-likeness (QED) is 0.709. The summed E-state index contributed by atoms with van der Waals surface area (Å²) in [5.74, 6) is -0.383. The molecule has 25 heavy (non-hydrogen) atoms. The maximum atomic E-state index is 12.0. The number of ether oxygens (including phenoxy) is 1. The van der Waals surface area contributed by atoms with Crippen LogP contribution >= 0.6 is 11.8 Å². The zero-order valence-corrected chi connectivity index (χ0v) is 16.2. The molecule has 2 aliphatic heterocycles. The lowest BCUT2D eigenvalue weighted by atomic mass is 10.2. The summed E-state index contributed by atoms with van der Waals surface area (Å²) in [7, 11) is -3.06. The molecule has 2 aliphatic rings. The van der Waals surface area contributed by atoms with Crippen LogP contribution in [0.5, 0.6) is 0 Å². The Kier molecular flexibility index (Phi) is 5.82. The van der Waals surface area contributed by atoms with E-state index in [1.165, 1.54) is 11.8 Å². The zero-order valence-electron chi connectivity index (χ0n) is 14.5. The van der Waals surface area contributed by atoms with E-state index in [0.29, 0.717) is 11.7 Å². The van der Waals surface area contributed by atoms with Crippen LogP contribution in [0.2, 0.25) is 0 Å². The molecular formula is C15H23N3O5S2. The molecular weight excluding hydrogens is 366 g/mol. The monoisotopic (exact) mass is 389 g/mol. The number of carbonyl (C=O) groups excluding carboxylic acids is 2. The van der Waals surface area contributed by atoms with Crippen molar-refractivity contribution < 1.29 is 22.7 Å². The molecule has 8 nitrogen and oxygen atoms in total. The van der Waals surface area contributed by atoms with Crippen LogP contribution in [0.15, 0.2) is 17.6 Å². The summed E-state index contributed by atoms with van der Waals surface area (Å²) in [5, 5.41) is 2.71. The average Bonchev–Trinajstić information content (AvgIpc) is 2.88. The summed E-state index contributed by atoms with van der Waals surface area (Å²) in [6.07, 6.45) is 0.957. The fraction of sp³-hybridized carbons (Fsp3) is 0.667. The minimum Gasteiger partial charge on any atom is -0.444 e. The molecule has 0 bridgehead atoms. The Morgan fingerprint density at radius 2 is 2.12 bits per heavy atom. The number of alkyl carbamates (subject to hydrolysis) is 1. The molecule has 140 valence electrons. The Morgan fingerprint density at radius 3 is 2.72 bits per heavy atom.